The van der Waals surface area contributed by atoms with Gasteiger partial charge in [-0.1, -0.05) is 61.7 Å². The van der Waals surface area contributed by atoms with E-state index in [2.05, 4.69) is 14.9 Å². The molecule has 35 heavy (non-hydrogen) atoms. The van der Waals surface area contributed by atoms with Gasteiger partial charge in [-0.05, 0) is 54.3 Å². The van der Waals surface area contributed by atoms with Crippen LogP contribution in [0.25, 0.3) is 11.0 Å². The fourth-order valence-electron chi connectivity index (χ4n) is 4.58. The summed E-state index contributed by atoms with van der Waals surface area (Å²) in [6, 6.07) is 16.6. The molecule has 1 aliphatic rings. The molecule has 1 aliphatic carbocycles. The first kappa shape index (κ1) is 23.5. The van der Waals surface area contributed by atoms with Crippen molar-refractivity contribution in [3.63, 3.8) is 0 Å². The number of nitrogens with one attached hydrogen (secondary N) is 1. The number of carbonyl (C=O) groups is 1. The zero-order valence-corrected chi connectivity index (χ0v) is 20.4. The van der Waals surface area contributed by atoms with E-state index in [4.69, 9.17) is 4.98 Å². The number of rotatable bonds is 7. The van der Waals surface area contributed by atoms with E-state index < -0.39 is 0 Å². The van der Waals surface area contributed by atoms with Crippen LogP contribution in [0.2, 0.25) is 0 Å². The monoisotopic (exact) mass is 488 g/mol. The minimum Gasteiger partial charge on any atom is -0.349 e. The Labute approximate surface area is 209 Å². The number of pyridine rings is 1. The summed E-state index contributed by atoms with van der Waals surface area (Å²) < 4.78 is 15.4. The van der Waals surface area contributed by atoms with E-state index in [0.717, 1.165) is 40.2 Å². The second-order valence-corrected chi connectivity index (χ2v) is 10.1. The van der Waals surface area contributed by atoms with Gasteiger partial charge in [0.05, 0.1) is 23.8 Å². The molecule has 2 heterocycles. The van der Waals surface area contributed by atoms with Crippen molar-refractivity contribution < 1.29 is 9.18 Å². The van der Waals surface area contributed by atoms with Crippen molar-refractivity contribution in [2.24, 2.45) is 0 Å². The van der Waals surface area contributed by atoms with E-state index in [1.54, 1.807) is 30.1 Å². The SMILES string of the molecule is O=C(NC1CCCCCC1)c1ccc(Cn2c(SCc3ccc(F)cc3)nc3ccncc32)cc1. The highest BCUT2D eigenvalue weighted by Crippen LogP contribution is 2.27. The summed E-state index contributed by atoms with van der Waals surface area (Å²) in [4.78, 5) is 21.9. The summed E-state index contributed by atoms with van der Waals surface area (Å²) >= 11 is 1.62. The number of aromatic nitrogens is 3. The van der Waals surface area contributed by atoms with Crippen LogP contribution in [-0.4, -0.2) is 26.5 Å². The van der Waals surface area contributed by atoms with Crippen LogP contribution in [0, 0.1) is 5.82 Å². The van der Waals surface area contributed by atoms with Crippen LogP contribution in [0.4, 0.5) is 4.39 Å². The highest BCUT2D eigenvalue weighted by atomic mass is 32.2. The van der Waals surface area contributed by atoms with Gasteiger partial charge >= 0.3 is 0 Å². The maximum Gasteiger partial charge on any atom is 0.251 e. The standard InChI is InChI=1S/C28H29FN4OS/c29-23-13-9-21(10-14-23)19-35-28-32-25-15-16-30-17-26(25)33(28)18-20-7-11-22(12-8-20)27(34)31-24-5-3-1-2-4-6-24/h7-17,24H,1-6,18-19H2,(H,31,34). The molecule has 0 bridgehead atoms. The number of hydrogen-bond acceptors (Lipinski definition) is 4. The zero-order chi connectivity index (χ0) is 24.0. The van der Waals surface area contributed by atoms with E-state index in [0.29, 0.717) is 17.9 Å². The van der Waals surface area contributed by atoms with Gasteiger partial charge in [0, 0.05) is 23.6 Å². The maximum absolute atomic E-state index is 13.3. The highest BCUT2D eigenvalue weighted by molar-refractivity contribution is 7.98. The summed E-state index contributed by atoms with van der Waals surface area (Å²) in [6.45, 7) is 0.623. The van der Waals surface area contributed by atoms with E-state index in [-0.39, 0.29) is 17.8 Å². The Morgan fingerprint density at radius 3 is 2.43 bits per heavy atom. The molecule has 0 atom stereocenters. The molecule has 0 spiro atoms. The molecule has 0 unspecified atom stereocenters. The number of amides is 1. The second kappa shape index (κ2) is 11.0. The fourth-order valence-corrected chi connectivity index (χ4v) is 5.55. The number of thioether (sulfide) groups is 1. The van der Waals surface area contributed by atoms with Gasteiger partial charge in [0.2, 0.25) is 0 Å². The highest BCUT2D eigenvalue weighted by Gasteiger charge is 2.16. The van der Waals surface area contributed by atoms with E-state index in [1.807, 2.05) is 36.5 Å². The lowest BCUT2D eigenvalue weighted by atomic mass is 10.1. The Bertz CT molecular complexity index is 1280. The van der Waals surface area contributed by atoms with Crippen molar-refractivity contribution in [2.45, 2.75) is 62.0 Å². The van der Waals surface area contributed by atoms with Crippen molar-refractivity contribution in [3.05, 3.63) is 89.5 Å². The van der Waals surface area contributed by atoms with Crippen LogP contribution in [0.1, 0.15) is 60.0 Å². The Kier molecular flexibility index (Phi) is 7.42. The molecule has 0 radical (unpaired) electrons. The van der Waals surface area contributed by atoms with Crippen molar-refractivity contribution >= 4 is 28.7 Å². The van der Waals surface area contributed by atoms with E-state index in [9.17, 15) is 9.18 Å². The summed E-state index contributed by atoms with van der Waals surface area (Å²) in [5.74, 6) is 0.469. The van der Waals surface area contributed by atoms with Crippen molar-refractivity contribution in [2.75, 3.05) is 0 Å². The molecule has 0 aliphatic heterocycles. The molecule has 1 fully saturated rings. The van der Waals surface area contributed by atoms with Crippen LogP contribution in [0.15, 0.2) is 72.1 Å². The third-order valence-corrected chi connectivity index (χ3v) is 7.59. The molecule has 2 aromatic carbocycles. The molecule has 0 saturated heterocycles. The molecular formula is C28H29FN4OS. The van der Waals surface area contributed by atoms with Gasteiger partial charge in [0.15, 0.2) is 5.16 Å². The van der Waals surface area contributed by atoms with E-state index >= 15 is 0 Å². The number of fused-ring (bicyclic) bond motifs is 1. The number of nitrogens with zero attached hydrogens (tertiary/aromatic N) is 3. The minimum absolute atomic E-state index is 0.0104. The molecule has 5 nitrogen and oxygen atoms in total. The molecular weight excluding hydrogens is 459 g/mol. The number of benzene rings is 2. The Balaban J connectivity index is 1.30. The largest absolute Gasteiger partial charge is 0.349 e. The lowest BCUT2D eigenvalue weighted by Crippen LogP contribution is -2.34. The van der Waals surface area contributed by atoms with Gasteiger partial charge in [-0.2, -0.15) is 0 Å². The zero-order valence-electron chi connectivity index (χ0n) is 19.6. The minimum atomic E-state index is -0.233. The summed E-state index contributed by atoms with van der Waals surface area (Å²) in [6.07, 6.45) is 10.6. The van der Waals surface area contributed by atoms with Crippen molar-refractivity contribution in [3.8, 4) is 0 Å². The maximum atomic E-state index is 13.3. The average Bonchev–Trinajstić information content (AvgIpc) is 3.02. The predicted octanol–water partition coefficient (Wildman–Crippen LogP) is 6.36. The molecule has 1 amide bonds. The lowest BCUT2D eigenvalue weighted by molar-refractivity contribution is 0.0933. The van der Waals surface area contributed by atoms with Crippen LogP contribution in [0.5, 0.6) is 0 Å². The summed E-state index contributed by atoms with van der Waals surface area (Å²) in [7, 11) is 0. The second-order valence-electron chi connectivity index (χ2n) is 9.12. The van der Waals surface area contributed by atoms with Gasteiger partial charge in [0.25, 0.3) is 5.91 Å². The number of halogens is 1. The smallest absolute Gasteiger partial charge is 0.251 e. The molecule has 5 rings (SSSR count). The van der Waals surface area contributed by atoms with Gasteiger partial charge in [-0.3, -0.25) is 9.78 Å². The fraction of sp³-hybridized carbons (Fsp3) is 0.321. The Morgan fingerprint density at radius 2 is 1.69 bits per heavy atom. The third kappa shape index (κ3) is 5.90. The Hall–Kier alpha value is -3.19. The summed E-state index contributed by atoms with van der Waals surface area (Å²) in [5.41, 5.74) is 4.67. The number of hydrogen-bond donors (Lipinski definition) is 1. The van der Waals surface area contributed by atoms with Gasteiger partial charge < -0.3 is 9.88 Å². The van der Waals surface area contributed by atoms with Crippen LogP contribution in [0.3, 0.4) is 0 Å². The molecule has 1 N–H and O–H groups in total. The first-order valence-electron chi connectivity index (χ1n) is 12.2. The van der Waals surface area contributed by atoms with Crippen molar-refractivity contribution in [1.82, 2.24) is 19.9 Å². The van der Waals surface area contributed by atoms with E-state index in [1.165, 1.54) is 37.8 Å². The van der Waals surface area contributed by atoms with Gasteiger partial charge in [-0.25, -0.2) is 9.37 Å². The summed E-state index contributed by atoms with van der Waals surface area (Å²) in [5, 5.41) is 4.10. The first-order valence-corrected chi connectivity index (χ1v) is 13.2. The van der Waals surface area contributed by atoms with Crippen molar-refractivity contribution in [1.29, 1.82) is 0 Å². The topological polar surface area (TPSA) is 59.8 Å². The number of imidazole rings is 1. The van der Waals surface area contributed by atoms with Crippen LogP contribution in [-0.2, 0) is 12.3 Å². The van der Waals surface area contributed by atoms with Crippen LogP contribution >= 0.6 is 11.8 Å². The molecule has 7 heteroatoms. The predicted molar refractivity (Wildman–Crippen MR) is 138 cm³/mol. The van der Waals surface area contributed by atoms with Gasteiger partial charge in [0.1, 0.15) is 5.82 Å². The normalized spacial score (nSPS) is 14.7. The average molecular weight is 489 g/mol. The third-order valence-electron chi connectivity index (χ3n) is 6.54. The van der Waals surface area contributed by atoms with Crippen LogP contribution < -0.4 is 5.32 Å². The lowest BCUT2D eigenvalue weighted by Gasteiger charge is -2.16. The molecule has 180 valence electrons. The quantitative estimate of drug-likeness (QED) is 0.243. The first-order chi connectivity index (χ1) is 17.2. The van der Waals surface area contributed by atoms with Gasteiger partial charge in [-0.15, -0.1) is 0 Å². The molecule has 4 aromatic rings. The Morgan fingerprint density at radius 1 is 0.971 bits per heavy atom. The number of carbonyl (C=O) groups excluding carboxylic acids is 1. The molecule has 2 aromatic heterocycles. The molecule has 1 saturated carbocycles.